The molecular formula is C24H23N3O3. The van der Waals surface area contributed by atoms with Gasteiger partial charge in [0.25, 0.3) is 11.5 Å². The quantitative estimate of drug-likeness (QED) is 0.544. The van der Waals surface area contributed by atoms with E-state index in [9.17, 15) is 9.59 Å². The molecule has 1 saturated heterocycles. The van der Waals surface area contributed by atoms with E-state index in [0.29, 0.717) is 30.1 Å². The van der Waals surface area contributed by atoms with Crippen LogP contribution in [0.25, 0.3) is 21.7 Å². The molecule has 0 aliphatic carbocycles. The highest BCUT2D eigenvalue weighted by atomic mass is 16.5. The number of nitrogens with zero attached hydrogens (tertiary/aromatic N) is 1. The van der Waals surface area contributed by atoms with Gasteiger partial charge >= 0.3 is 0 Å². The fraction of sp³-hybridized carbons (Fsp3) is 0.250. The molecule has 30 heavy (non-hydrogen) atoms. The first-order valence-electron chi connectivity index (χ1n) is 10.2. The highest BCUT2D eigenvalue weighted by Crippen LogP contribution is 2.35. The van der Waals surface area contributed by atoms with Crippen LogP contribution in [0.5, 0.6) is 5.75 Å². The van der Waals surface area contributed by atoms with Crippen molar-refractivity contribution in [3.63, 3.8) is 0 Å². The normalized spacial score (nSPS) is 15.0. The van der Waals surface area contributed by atoms with Crippen molar-refractivity contribution >= 4 is 27.6 Å². The fourth-order valence-electron chi connectivity index (χ4n) is 4.48. The number of fused-ring (bicyclic) bond motifs is 2. The topological polar surface area (TPSA) is 78.2 Å². The molecule has 0 atom stereocenters. The molecule has 1 aliphatic rings. The summed E-state index contributed by atoms with van der Waals surface area (Å²) in [5.41, 5.74) is 2.50. The number of ether oxygens (including phenoxy) is 1. The summed E-state index contributed by atoms with van der Waals surface area (Å²) in [7, 11) is 1.68. The number of carbonyl (C=O) groups is 1. The number of hydrogen-bond acceptors (Lipinski definition) is 3. The molecule has 1 fully saturated rings. The number of rotatable bonds is 3. The van der Waals surface area contributed by atoms with E-state index >= 15 is 0 Å². The van der Waals surface area contributed by atoms with Crippen LogP contribution in [0.2, 0.25) is 0 Å². The van der Waals surface area contributed by atoms with Crippen LogP contribution in [0.4, 0.5) is 0 Å². The third-order valence-corrected chi connectivity index (χ3v) is 6.13. The van der Waals surface area contributed by atoms with Gasteiger partial charge < -0.3 is 19.6 Å². The van der Waals surface area contributed by atoms with Gasteiger partial charge in [0.1, 0.15) is 11.4 Å². The Morgan fingerprint density at radius 1 is 1.07 bits per heavy atom. The Bertz CT molecular complexity index is 1300. The van der Waals surface area contributed by atoms with Crippen molar-refractivity contribution in [2.24, 2.45) is 0 Å². The van der Waals surface area contributed by atoms with Gasteiger partial charge in [-0.05, 0) is 60.0 Å². The summed E-state index contributed by atoms with van der Waals surface area (Å²) in [5, 5.41) is 2.56. The van der Waals surface area contributed by atoms with Gasteiger partial charge in [-0.25, -0.2) is 0 Å². The minimum absolute atomic E-state index is 0.114. The molecule has 0 bridgehead atoms. The number of benzene rings is 2. The van der Waals surface area contributed by atoms with Gasteiger partial charge in [0.05, 0.1) is 7.11 Å². The van der Waals surface area contributed by atoms with E-state index in [4.69, 9.17) is 4.74 Å². The van der Waals surface area contributed by atoms with Crippen LogP contribution in [0.1, 0.15) is 34.8 Å². The van der Waals surface area contributed by atoms with Gasteiger partial charge in [0.2, 0.25) is 0 Å². The third kappa shape index (κ3) is 3.14. The van der Waals surface area contributed by atoms with Crippen LogP contribution in [0.15, 0.2) is 59.5 Å². The maximum atomic E-state index is 13.0. The second-order valence-corrected chi connectivity index (χ2v) is 7.82. The van der Waals surface area contributed by atoms with Gasteiger partial charge in [-0.2, -0.15) is 0 Å². The molecule has 2 aromatic heterocycles. The summed E-state index contributed by atoms with van der Waals surface area (Å²) < 4.78 is 5.38. The zero-order valence-electron chi connectivity index (χ0n) is 16.8. The van der Waals surface area contributed by atoms with Crippen molar-refractivity contribution in [1.82, 2.24) is 14.9 Å². The smallest absolute Gasteiger partial charge is 0.270 e. The van der Waals surface area contributed by atoms with Crippen LogP contribution >= 0.6 is 0 Å². The first kappa shape index (κ1) is 18.5. The summed E-state index contributed by atoms with van der Waals surface area (Å²) >= 11 is 0. The predicted molar refractivity (Wildman–Crippen MR) is 117 cm³/mol. The van der Waals surface area contributed by atoms with Gasteiger partial charge in [0, 0.05) is 35.6 Å². The van der Waals surface area contributed by atoms with Crippen molar-refractivity contribution < 1.29 is 9.53 Å². The number of amides is 1. The minimum Gasteiger partial charge on any atom is -0.497 e. The van der Waals surface area contributed by atoms with E-state index in [2.05, 4.69) is 22.2 Å². The monoisotopic (exact) mass is 401 g/mol. The SMILES string of the molecule is COc1ccc2[nH]cc(C3CCN(C(=O)c4cc5ccccc5c(=O)[nH]4)CC3)c2c1. The van der Waals surface area contributed by atoms with Crippen molar-refractivity contribution in [2.75, 3.05) is 20.2 Å². The van der Waals surface area contributed by atoms with Crippen LogP contribution in [0.3, 0.4) is 0 Å². The van der Waals surface area contributed by atoms with E-state index in [1.807, 2.05) is 35.2 Å². The number of hydrogen-bond donors (Lipinski definition) is 2. The molecule has 0 saturated carbocycles. The Morgan fingerprint density at radius 3 is 2.67 bits per heavy atom. The average molecular weight is 401 g/mol. The van der Waals surface area contributed by atoms with E-state index in [0.717, 1.165) is 29.5 Å². The molecule has 6 heteroatoms. The standard InChI is InChI=1S/C24H23N3O3/c1-30-17-6-7-21-19(13-17)20(14-25-21)15-8-10-27(11-9-15)24(29)22-12-16-4-2-3-5-18(16)23(28)26-22/h2-7,12-15,25H,8-11H2,1H3,(H,26,28). The molecule has 2 N–H and O–H groups in total. The van der Waals surface area contributed by atoms with Crippen LogP contribution in [0, 0.1) is 0 Å². The van der Waals surface area contributed by atoms with Gasteiger partial charge in [-0.3, -0.25) is 9.59 Å². The number of H-pyrrole nitrogens is 2. The van der Waals surface area contributed by atoms with E-state index in [1.165, 1.54) is 10.9 Å². The Kier molecular flexibility index (Phi) is 4.54. The number of carbonyl (C=O) groups excluding carboxylic acids is 1. The molecule has 152 valence electrons. The number of piperidine rings is 1. The maximum Gasteiger partial charge on any atom is 0.270 e. The molecular weight excluding hydrogens is 378 g/mol. The summed E-state index contributed by atoms with van der Waals surface area (Å²) in [6.45, 7) is 1.32. The molecule has 0 radical (unpaired) electrons. The van der Waals surface area contributed by atoms with Crippen molar-refractivity contribution in [1.29, 1.82) is 0 Å². The molecule has 3 heterocycles. The second kappa shape index (κ2) is 7.37. The van der Waals surface area contributed by atoms with Crippen molar-refractivity contribution in [3.8, 4) is 5.75 Å². The second-order valence-electron chi connectivity index (χ2n) is 7.82. The van der Waals surface area contributed by atoms with Crippen LogP contribution in [-0.4, -0.2) is 41.0 Å². The predicted octanol–water partition coefficient (Wildman–Crippen LogP) is 4.04. The molecule has 2 aromatic carbocycles. The minimum atomic E-state index is -0.223. The fourth-order valence-corrected chi connectivity index (χ4v) is 4.48. The lowest BCUT2D eigenvalue weighted by molar-refractivity contribution is 0.0707. The van der Waals surface area contributed by atoms with Gasteiger partial charge in [0.15, 0.2) is 0 Å². The summed E-state index contributed by atoms with van der Waals surface area (Å²) in [6, 6.07) is 15.2. The first-order chi connectivity index (χ1) is 14.6. The molecule has 4 aromatic rings. The summed E-state index contributed by atoms with van der Waals surface area (Å²) in [6.07, 6.45) is 3.84. The number of likely N-dealkylation sites (tertiary alicyclic amines) is 1. The maximum absolute atomic E-state index is 13.0. The van der Waals surface area contributed by atoms with Gasteiger partial charge in [-0.1, -0.05) is 18.2 Å². The average Bonchev–Trinajstić information content (AvgIpc) is 3.22. The number of nitrogens with one attached hydrogen (secondary N) is 2. The lowest BCUT2D eigenvalue weighted by Gasteiger charge is -2.32. The number of aromatic amines is 2. The van der Waals surface area contributed by atoms with Crippen LogP contribution in [-0.2, 0) is 0 Å². The van der Waals surface area contributed by atoms with Crippen LogP contribution < -0.4 is 10.3 Å². The van der Waals surface area contributed by atoms with Crippen molar-refractivity contribution in [3.05, 3.63) is 76.3 Å². The highest BCUT2D eigenvalue weighted by Gasteiger charge is 2.27. The summed E-state index contributed by atoms with van der Waals surface area (Å²) in [5.74, 6) is 1.11. The number of pyridine rings is 1. The Balaban J connectivity index is 1.35. The lowest BCUT2D eigenvalue weighted by atomic mass is 9.89. The first-order valence-corrected chi connectivity index (χ1v) is 10.2. The highest BCUT2D eigenvalue weighted by molar-refractivity contribution is 5.96. The number of aromatic nitrogens is 2. The molecule has 6 nitrogen and oxygen atoms in total. The molecule has 1 amide bonds. The zero-order valence-corrected chi connectivity index (χ0v) is 16.8. The Morgan fingerprint density at radius 2 is 1.87 bits per heavy atom. The van der Waals surface area contributed by atoms with Gasteiger partial charge in [-0.15, -0.1) is 0 Å². The molecule has 5 rings (SSSR count). The molecule has 0 unspecified atom stereocenters. The molecule has 0 spiro atoms. The Hall–Kier alpha value is -3.54. The Labute approximate surface area is 173 Å². The zero-order chi connectivity index (χ0) is 20.7. The largest absolute Gasteiger partial charge is 0.497 e. The number of methoxy groups -OCH3 is 1. The van der Waals surface area contributed by atoms with Crippen molar-refractivity contribution in [2.45, 2.75) is 18.8 Å². The summed E-state index contributed by atoms with van der Waals surface area (Å²) in [4.78, 5) is 33.3. The van der Waals surface area contributed by atoms with E-state index < -0.39 is 0 Å². The van der Waals surface area contributed by atoms with E-state index in [1.54, 1.807) is 19.2 Å². The van der Waals surface area contributed by atoms with E-state index in [-0.39, 0.29) is 11.5 Å². The third-order valence-electron chi connectivity index (χ3n) is 6.13. The molecule has 1 aliphatic heterocycles. The lowest BCUT2D eigenvalue weighted by Crippen LogP contribution is -2.38.